The van der Waals surface area contributed by atoms with Gasteiger partial charge in [0.2, 0.25) is 0 Å². The summed E-state index contributed by atoms with van der Waals surface area (Å²) in [7, 11) is 0. The summed E-state index contributed by atoms with van der Waals surface area (Å²) in [6.45, 7) is 0. The third-order valence-electron chi connectivity index (χ3n) is 4.12. The molecule has 1 heterocycles. The van der Waals surface area contributed by atoms with E-state index in [1.807, 2.05) is 24.3 Å². The average Bonchev–Trinajstić information content (AvgIpc) is 2.49. The highest BCUT2D eigenvalue weighted by molar-refractivity contribution is 9.10. The number of hydrogen-bond donors (Lipinski definition) is 2. The number of fused-ring (bicyclic) bond motifs is 1. The second-order valence-electron chi connectivity index (χ2n) is 5.54. The van der Waals surface area contributed by atoms with Gasteiger partial charge in [0.05, 0.1) is 5.92 Å². The molecule has 0 spiro atoms. The number of hydrogen-bond acceptors (Lipinski definition) is 3. The Labute approximate surface area is 131 Å². The zero-order valence-electron chi connectivity index (χ0n) is 11.6. The highest BCUT2D eigenvalue weighted by Crippen LogP contribution is 2.31. The van der Waals surface area contributed by atoms with Crippen molar-refractivity contribution in [3.63, 3.8) is 0 Å². The molecule has 1 fully saturated rings. The third-order valence-corrected chi connectivity index (χ3v) is 4.81. The molecule has 4 nitrogen and oxygen atoms in total. The van der Waals surface area contributed by atoms with Crippen molar-refractivity contribution in [2.75, 3.05) is 5.32 Å². The normalized spacial score (nSPS) is 22.1. The monoisotopic (exact) mass is 348 g/mol. The molecule has 1 aliphatic rings. The van der Waals surface area contributed by atoms with E-state index in [2.05, 4.69) is 26.2 Å². The van der Waals surface area contributed by atoms with Crippen LogP contribution in [0.3, 0.4) is 0 Å². The Morgan fingerprint density at radius 2 is 2.14 bits per heavy atom. The van der Waals surface area contributed by atoms with E-state index in [4.69, 9.17) is 0 Å². The third kappa shape index (κ3) is 3.02. The minimum Gasteiger partial charge on any atom is -0.481 e. The largest absolute Gasteiger partial charge is 0.481 e. The van der Waals surface area contributed by atoms with Crippen molar-refractivity contribution in [1.82, 2.24) is 4.98 Å². The first kappa shape index (κ1) is 14.3. The lowest BCUT2D eigenvalue weighted by Gasteiger charge is -2.28. The van der Waals surface area contributed by atoms with Gasteiger partial charge in [0.1, 0.15) is 5.82 Å². The highest BCUT2D eigenvalue weighted by Gasteiger charge is 2.27. The second-order valence-corrected chi connectivity index (χ2v) is 6.39. The SMILES string of the molecule is O=C(O)C1CCCC(Nc2nccc3c(Br)cccc23)C1. The summed E-state index contributed by atoms with van der Waals surface area (Å²) in [5, 5.41) is 14.8. The lowest BCUT2D eigenvalue weighted by Crippen LogP contribution is -2.31. The lowest BCUT2D eigenvalue weighted by atomic mass is 9.86. The van der Waals surface area contributed by atoms with E-state index in [1.165, 1.54) is 0 Å². The van der Waals surface area contributed by atoms with Crippen molar-refractivity contribution in [2.45, 2.75) is 31.7 Å². The maximum Gasteiger partial charge on any atom is 0.306 e. The number of benzene rings is 1. The van der Waals surface area contributed by atoms with Gasteiger partial charge in [-0.3, -0.25) is 4.79 Å². The Morgan fingerprint density at radius 1 is 1.29 bits per heavy atom. The highest BCUT2D eigenvalue weighted by atomic mass is 79.9. The van der Waals surface area contributed by atoms with Crippen molar-refractivity contribution in [1.29, 1.82) is 0 Å². The molecular formula is C16H17BrN2O2. The summed E-state index contributed by atoms with van der Waals surface area (Å²) in [4.78, 5) is 15.6. The number of rotatable bonds is 3. The van der Waals surface area contributed by atoms with E-state index in [1.54, 1.807) is 6.20 Å². The Bertz CT molecular complexity index is 674. The van der Waals surface area contributed by atoms with Gasteiger partial charge in [0.15, 0.2) is 0 Å². The van der Waals surface area contributed by atoms with E-state index in [9.17, 15) is 9.90 Å². The number of pyridine rings is 1. The zero-order valence-corrected chi connectivity index (χ0v) is 13.1. The summed E-state index contributed by atoms with van der Waals surface area (Å²) in [5.74, 6) is -0.0853. The van der Waals surface area contributed by atoms with Crippen LogP contribution in [0.5, 0.6) is 0 Å². The number of halogens is 1. The quantitative estimate of drug-likeness (QED) is 0.878. The standard InChI is InChI=1S/C16H17BrN2O2/c17-14-6-2-5-13-12(14)7-8-18-15(13)19-11-4-1-3-10(9-11)16(20)21/h2,5-8,10-11H,1,3-4,9H2,(H,18,19)(H,20,21). The van der Waals surface area contributed by atoms with Crippen molar-refractivity contribution in [3.8, 4) is 0 Å². The average molecular weight is 349 g/mol. The van der Waals surface area contributed by atoms with Crippen LogP contribution in [0.1, 0.15) is 25.7 Å². The Hall–Kier alpha value is -1.62. The predicted molar refractivity (Wildman–Crippen MR) is 86.4 cm³/mol. The number of aromatic nitrogens is 1. The van der Waals surface area contributed by atoms with Gasteiger partial charge in [0.25, 0.3) is 0 Å². The van der Waals surface area contributed by atoms with E-state index in [0.29, 0.717) is 6.42 Å². The minimum atomic E-state index is -0.685. The summed E-state index contributed by atoms with van der Waals surface area (Å²) in [6.07, 6.45) is 5.18. The summed E-state index contributed by atoms with van der Waals surface area (Å²) in [6, 6.07) is 8.18. The van der Waals surface area contributed by atoms with Crippen LogP contribution in [0, 0.1) is 5.92 Å². The van der Waals surface area contributed by atoms with Crippen LogP contribution in [0.2, 0.25) is 0 Å². The number of carboxylic acid groups (broad SMARTS) is 1. The molecule has 2 N–H and O–H groups in total. The van der Waals surface area contributed by atoms with Gasteiger partial charge in [0, 0.05) is 27.5 Å². The van der Waals surface area contributed by atoms with Crippen LogP contribution < -0.4 is 5.32 Å². The van der Waals surface area contributed by atoms with E-state index in [-0.39, 0.29) is 12.0 Å². The maximum atomic E-state index is 11.2. The lowest BCUT2D eigenvalue weighted by molar-refractivity contribution is -0.142. The molecule has 2 unspecified atom stereocenters. The maximum absolute atomic E-state index is 11.2. The fraction of sp³-hybridized carbons (Fsp3) is 0.375. The summed E-state index contributed by atoms with van der Waals surface area (Å²) in [5.41, 5.74) is 0. The molecule has 0 radical (unpaired) electrons. The van der Waals surface area contributed by atoms with Crippen LogP contribution in [-0.2, 0) is 4.79 Å². The molecule has 1 saturated carbocycles. The molecule has 0 aliphatic heterocycles. The molecule has 2 aromatic rings. The van der Waals surface area contributed by atoms with Crippen molar-refractivity contribution in [3.05, 3.63) is 34.9 Å². The minimum absolute atomic E-state index is 0.178. The predicted octanol–water partition coefficient (Wildman–Crippen LogP) is 4.05. The van der Waals surface area contributed by atoms with Gasteiger partial charge >= 0.3 is 5.97 Å². The zero-order chi connectivity index (χ0) is 14.8. The topological polar surface area (TPSA) is 62.2 Å². The number of nitrogens with one attached hydrogen (secondary N) is 1. The molecule has 1 aromatic heterocycles. The summed E-state index contributed by atoms with van der Waals surface area (Å²) < 4.78 is 1.04. The molecular weight excluding hydrogens is 332 g/mol. The van der Waals surface area contributed by atoms with Crippen molar-refractivity contribution >= 4 is 38.5 Å². The molecule has 0 amide bonds. The summed E-state index contributed by atoms with van der Waals surface area (Å²) >= 11 is 3.55. The van der Waals surface area contributed by atoms with Crippen LogP contribution in [0.25, 0.3) is 10.8 Å². The van der Waals surface area contributed by atoms with Crippen molar-refractivity contribution in [2.24, 2.45) is 5.92 Å². The molecule has 2 atom stereocenters. The van der Waals surface area contributed by atoms with Crippen LogP contribution in [0.15, 0.2) is 34.9 Å². The van der Waals surface area contributed by atoms with E-state index >= 15 is 0 Å². The number of carboxylic acids is 1. The van der Waals surface area contributed by atoms with E-state index < -0.39 is 5.97 Å². The number of nitrogens with zero attached hydrogens (tertiary/aromatic N) is 1. The van der Waals surface area contributed by atoms with Gasteiger partial charge in [-0.25, -0.2) is 4.98 Å². The Kier molecular flexibility index (Phi) is 4.10. The first-order chi connectivity index (χ1) is 10.1. The van der Waals surface area contributed by atoms with Gasteiger partial charge < -0.3 is 10.4 Å². The van der Waals surface area contributed by atoms with E-state index in [0.717, 1.165) is 40.3 Å². The number of aliphatic carboxylic acids is 1. The second kappa shape index (κ2) is 6.02. The first-order valence-corrected chi connectivity index (χ1v) is 7.97. The Morgan fingerprint density at radius 3 is 2.95 bits per heavy atom. The molecule has 5 heteroatoms. The van der Waals surface area contributed by atoms with Gasteiger partial charge in [-0.05, 0) is 31.4 Å². The van der Waals surface area contributed by atoms with Gasteiger partial charge in [-0.1, -0.05) is 34.5 Å². The molecule has 110 valence electrons. The van der Waals surface area contributed by atoms with Crippen LogP contribution in [-0.4, -0.2) is 22.1 Å². The van der Waals surface area contributed by atoms with Crippen LogP contribution in [0.4, 0.5) is 5.82 Å². The molecule has 1 aliphatic carbocycles. The van der Waals surface area contributed by atoms with Crippen molar-refractivity contribution < 1.29 is 9.90 Å². The van der Waals surface area contributed by atoms with Crippen LogP contribution >= 0.6 is 15.9 Å². The molecule has 0 bridgehead atoms. The smallest absolute Gasteiger partial charge is 0.306 e. The molecule has 0 saturated heterocycles. The fourth-order valence-electron chi connectivity index (χ4n) is 3.02. The Balaban J connectivity index is 1.85. The molecule has 1 aromatic carbocycles. The number of anilines is 1. The van der Waals surface area contributed by atoms with Gasteiger partial charge in [-0.2, -0.15) is 0 Å². The first-order valence-electron chi connectivity index (χ1n) is 7.17. The fourth-order valence-corrected chi connectivity index (χ4v) is 3.52. The molecule has 3 rings (SSSR count). The molecule has 21 heavy (non-hydrogen) atoms. The van der Waals surface area contributed by atoms with Gasteiger partial charge in [-0.15, -0.1) is 0 Å². The number of carbonyl (C=O) groups is 1.